The molecule has 31 heavy (non-hydrogen) atoms. The third-order valence-corrected chi connectivity index (χ3v) is 6.47. The predicted octanol–water partition coefficient (Wildman–Crippen LogP) is 6.15. The van der Waals surface area contributed by atoms with Gasteiger partial charge in [-0.3, -0.25) is 4.79 Å². The summed E-state index contributed by atoms with van der Waals surface area (Å²) in [5.41, 5.74) is 1.52. The molecule has 0 saturated heterocycles. The first-order chi connectivity index (χ1) is 14.5. The highest BCUT2D eigenvalue weighted by molar-refractivity contribution is 5.91. The molecule has 0 bridgehead atoms. The first kappa shape index (κ1) is 21.3. The van der Waals surface area contributed by atoms with Gasteiger partial charge < -0.3 is 14.8 Å². The molecule has 164 valence electrons. The molecule has 1 heterocycles. The molecular formula is C24H24F3NO3. The van der Waals surface area contributed by atoms with E-state index in [2.05, 4.69) is 0 Å². The standard InChI is InChI=1S/C24H24F3NO3/c1-11(2)21-18(13-9-24(4,10-13)23(30)31)19-17(8-16(26)22(29)20(19)27)28(21)14-5-6-15(25)12(3)7-14/h5-8,11,13,29H,9-10H2,1-4H3,(H,30,31). The summed E-state index contributed by atoms with van der Waals surface area (Å²) in [6, 6.07) is 5.53. The topological polar surface area (TPSA) is 62.5 Å². The Hall–Kier alpha value is -2.96. The summed E-state index contributed by atoms with van der Waals surface area (Å²) in [5.74, 6) is -4.91. The second kappa shape index (κ2) is 7.04. The maximum Gasteiger partial charge on any atom is 0.309 e. The third kappa shape index (κ3) is 3.09. The van der Waals surface area contributed by atoms with Crippen molar-refractivity contribution in [3.8, 4) is 11.4 Å². The average molecular weight is 431 g/mol. The minimum Gasteiger partial charge on any atom is -0.503 e. The Kier molecular flexibility index (Phi) is 4.83. The summed E-state index contributed by atoms with van der Waals surface area (Å²) in [7, 11) is 0. The van der Waals surface area contributed by atoms with Crippen LogP contribution < -0.4 is 0 Å². The van der Waals surface area contributed by atoms with Crippen molar-refractivity contribution in [1.82, 2.24) is 4.57 Å². The lowest BCUT2D eigenvalue weighted by Crippen LogP contribution is -2.40. The minimum atomic E-state index is -1.09. The molecule has 1 saturated carbocycles. The van der Waals surface area contributed by atoms with Crippen LogP contribution in [0, 0.1) is 29.8 Å². The lowest BCUT2D eigenvalue weighted by molar-refractivity contribution is -0.154. The summed E-state index contributed by atoms with van der Waals surface area (Å²) in [6.07, 6.45) is 0.613. The first-order valence-electron chi connectivity index (χ1n) is 10.2. The van der Waals surface area contributed by atoms with Gasteiger partial charge in [0.2, 0.25) is 0 Å². The fraction of sp³-hybridized carbons (Fsp3) is 0.375. The van der Waals surface area contributed by atoms with E-state index in [0.717, 1.165) is 6.07 Å². The molecule has 0 spiro atoms. The highest BCUT2D eigenvalue weighted by Gasteiger charge is 2.49. The number of nitrogens with zero attached hydrogens (tertiary/aromatic N) is 1. The number of benzene rings is 2. The van der Waals surface area contributed by atoms with Crippen LogP contribution in [0.4, 0.5) is 13.2 Å². The SMILES string of the molecule is Cc1cc(-n2c(C(C)C)c(C3CC(C)(C(=O)O)C3)c3c(F)c(O)c(F)cc32)ccc1F. The number of carbonyl (C=O) groups is 1. The lowest BCUT2D eigenvalue weighted by Gasteiger charge is -2.42. The average Bonchev–Trinajstić information content (AvgIpc) is 3.00. The summed E-state index contributed by atoms with van der Waals surface area (Å²) >= 11 is 0. The van der Waals surface area contributed by atoms with Gasteiger partial charge in [0.15, 0.2) is 17.4 Å². The van der Waals surface area contributed by atoms with Gasteiger partial charge in [-0.15, -0.1) is 0 Å². The monoisotopic (exact) mass is 431 g/mol. The van der Waals surface area contributed by atoms with Gasteiger partial charge in [-0.25, -0.2) is 13.2 Å². The van der Waals surface area contributed by atoms with Crippen LogP contribution in [0.1, 0.15) is 62.3 Å². The van der Waals surface area contributed by atoms with Gasteiger partial charge in [0.1, 0.15) is 5.82 Å². The van der Waals surface area contributed by atoms with Crippen LogP contribution in [0.25, 0.3) is 16.6 Å². The van der Waals surface area contributed by atoms with Crippen molar-refractivity contribution in [2.75, 3.05) is 0 Å². The summed E-state index contributed by atoms with van der Waals surface area (Å²) in [5, 5.41) is 19.6. The molecule has 0 atom stereocenters. The van der Waals surface area contributed by atoms with E-state index in [-0.39, 0.29) is 22.7 Å². The number of aromatic hydroxyl groups is 1. The highest BCUT2D eigenvalue weighted by Crippen LogP contribution is 2.55. The molecule has 1 aromatic heterocycles. The number of halogens is 3. The van der Waals surface area contributed by atoms with Crippen molar-refractivity contribution >= 4 is 16.9 Å². The Morgan fingerprint density at radius 1 is 1.16 bits per heavy atom. The molecule has 1 fully saturated rings. The fourth-order valence-electron chi connectivity index (χ4n) is 4.84. The third-order valence-electron chi connectivity index (χ3n) is 6.47. The van der Waals surface area contributed by atoms with E-state index >= 15 is 4.39 Å². The van der Waals surface area contributed by atoms with Gasteiger partial charge in [0.25, 0.3) is 0 Å². The van der Waals surface area contributed by atoms with Crippen molar-refractivity contribution in [3.63, 3.8) is 0 Å². The smallest absolute Gasteiger partial charge is 0.309 e. The summed E-state index contributed by atoms with van der Waals surface area (Å²) in [4.78, 5) is 11.6. The van der Waals surface area contributed by atoms with Gasteiger partial charge >= 0.3 is 5.97 Å². The van der Waals surface area contributed by atoms with E-state index in [0.29, 0.717) is 35.3 Å². The number of hydrogen-bond donors (Lipinski definition) is 2. The molecule has 2 aromatic carbocycles. The van der Waals surface area contributed by atoms with Gasteiger partial charge in [0.05, 0.1) is 10.9 Å². The molecule has 1 aliphatic rings. The number of aromatic nitrogens is 1. The van der Waals surface area contributed by atoms with Crippen molar-refractivity contribution < 1.29 is 28.2 Å². The van der Waals surface area contributed by atoms with Crippen molar-refractivity contribution in [1.29, 1.82) is 0 Å². The second-order valence-electron chi connectivity index (χ2n) is 9.11. The molecule has 3 aromatic rings. The maximum atomic E-state index is 15.2. The fourth-order valence-corrected chi connectivity index (χ4v) is 4.84. The van der Waals surface area contributed by atoms with E-state index in [9.17, 15) is 23.8 Å². The Bertz CT molecular complexity index is 1220. The second-order valence-corrected chi connectivity index (χ2v) is 9.11. The number of hydrogen-bond acceptors (Lipinski definition) is 2. The summed E-state index contributed by atoms with van der Waals surface area (Å²) in [6.45, 7) is 7.08. The quantitative estimate of drug-likeness (QED) is 0.521. The van der Waals surface area contributed by atoms with E-state index in [1.54, 1.807) is 30.5 Å². The van der Waals surface area contributed by atoms with E-state index in [4.69, 9.17) is 0 Å². The summed E-state index contributed by atoms with van der Waals surface area (Å²) < 4.78 is 45.2. The molecule has 4 rings (SSSR count). The lowest BCUT2D eigenvalue weighted by atomic mass is 9.60. The Balaban J connectivity index is 2.07. The van der Waals surface area contributed by atoms with Gasteiger partial charge in [-0.1, -0.05) is 13.8 Å². The number of aliphatic carboxylic acids is 1. The van der Waals surface area contributed by atoms with Crippen LogP contribution in [0.3, 0.4) is 0 Å². The van der Waals surface area contributed by atoms with E-state index in [1.807, 2.05) is 13.8 Å². The number of rotatable bonds is 4. The van der Waals surface area contributed by atoms with E-state index in [1.165, 1.54) is 6.07 Å². The van der Waals surface area contributed by atoms with Crippen molar-refractivity contribution in [3.05, 3.63) is 58.5 Å². The number of aryl methyl sites for hydroxylation is 1. The Morgan fingerprint density at radius 3 is 2.35 bits per heavy atom. The van der Waals surface area contributed by atoms with Crippen molar-refractivity contribution in [2.24, 2.45) is 5.41 Å². The first-order valence-corrected chi connectivity index (χ1v) is 10.2. The van der Waals surface area contributed by atoms with Crippen LogP contribution in [0.2, 0.25) is 0 Å². The van der Waals surface area contributed by atoms with Crippen LogP contribution in [0.15, 0.2) is 24.3 Å². The molecule has 0 amide bonds. The molecule has 0 unspecified atom stereocenters. The molecule has 0 radical (unpaired) electrons. The van der Waals surface area contributed by atoms with Crippen LogP contribution in [-0.2, 0) is 4.79 Å². The normalized spacial score (nSPS) is 21.0. The number of phenols is 1. The largest absolute Gasteiger partial charge is 0.503 e. The van der Waals surface area contributed by atoms with Crippen LogP contribution in [-0.4, -0.2) is 20.7 Å². The van der Waals surface area contributed by atoms with Gasteiger partial charge in [0, 0.05) is 22.8 Å². The number of carboxylic acids is 1. The van der Waals surface area contributed by atoms with Gasteiger partial charge in [-0.05, 0) is 67.9 Å². The zero-order valence-corrected chi connectivity index (χ0v) is 17.8. The van der Waals surface area contributed by atoms with Crippen molar-refractivity contribution in [2.45, 2.75) is 52.4 Å². The Labute approximate surface area is 177 Å². The molecule has 7 heteroatoms. The molecule has 4 nitrogen and oxygen atoms in total. The van der Waals surface area contributed by atoms with Crippen LogP contribution >= 0.6 is 0 Å². The minimum absolute atomic E-state index is 0.0852. The van der Waals surface area contributed by atoms with Crippen LogP contribution in [0.5, 0.6) is 5.75 Å². The zero-order valence-electron chi connectivity index (χ0n) is 17.8. The molecule has 2 N–H and O–H groups in total. The molecule has 0 aliphatic heterocycles. The molecule has 1 aliphatic carbocycles. The highest BCUT2D eigenvalue weighted by atomic mass is 19.1. The zero-order chi connectivity index (χ0) is 22.8. The number of fused-ring (bicyclic) bond motifs is 1. The number of phenolic OH excluding ortho intramolecular Hbond substituents is 1. The molecular weight excluding hydrogens is 407 g/mol. The number of carboxylic acid groups (broad SMARTS) is 1. The Morgan fingerprint density at radius 2 is 1.81 bits per heavy atom. The maximum absolute atomic E-state index is 15.2. The van der Waals surface area contributed by atoms with Gasteiger partial charge in [-0.2, -0.15) is 0 Å². The predicted molar refractivity (Wildman–Crippen MR) is 111 cm³/mol. The van der Waals surface area contributed by atoms with E-state index < -0.39 is 34.6 Å².